The maximum Gasteiger partial charge on any atom is 0.283 e. The standard InChI is InChI=1S/C22H29N3O5S2/c1-3-22(26)23-25(27)32(28,29)21-9-8-20(31-19-6-4-17(2)5-7-19)16-18(21)10-11-24-12-14-30-15-13-24/h4-9,16,27H,3,10-15H2,1-2H3,(H,23,26). The van der Waals surface area contributed by atoms with Gasteiger partial charge in [-0.05, 0) is 49.2 Å². The van der Waals surface area contributed by atoms with Crippen molar-refractivity contribution in [3.8, 4) is 0 Å². The van der Waals surface area contributed by atoms with Gasteiger partial charge in [0, 0.05) is 40.4 Å². The number of sulfonamides is 1. The summed E-state index contributed by atoms with van der Waals surface area (Å²) in [6.45, 7) is 7.15. The molecule has 1 amide bonds. The van der Waals surface area contributed by atoms with Crippen molar-refractivity contribution in [3.05, 3.63) is 53.6 Å². The monoisotopic (exact) mass is 479 g/mol. The van der Waals surface area contributed by atoms with Crippen LogP contribution in [0, 0.1) is 6.92 Å². The van der Waals surface area contributed by atoms with Crippen LogP contribution in [0.3, 0.4) is 0 Å². The van der Waals surface area contributed by atoms with Crippen LogP contribution in [0.5, 0.6) is 0 Å². The first-order chi connectivity index (χ1) is 15.3. The van der Waals surface area contributed by atoms with Gasteiger partial charge in [-0.3, -0.25) is 20.3 Å². The summed E-state index contributed by atoms with van der Waals surface area (Å²) >= 11 is 1.54. The van der Waals surface area contributed by atoms with E-state index in [9.17, 15) is 18.4 Å². The van der Waals surface area contributed by atoms with Crippen LogP contribution in [0.2, 0.25) is 0 Å². The van der Waals surface area contributed by atoms with E-state index < -0.39 is 15.9 Å². The van der Waals surface area contributed by atoms with E-state index in [1.807, 2.05) is 42.7 Å². The fraction of sp³-hybridized carbons (Fsp3) is 0.409. The molecule has 174 valence electrons. The summed E-state index contributed by atoms with van der Waals surface area (Å²) in [6, 6.07) is 13.1. The molecule has 0 atom stereocenters. The van der Waals surface area contributed by atoms with Crippen LogP contribution in [0.1, 0.15) is 24.5 Å². The molecule has 32 heavy (non-hydrogen) atoms. The van der Waals surface area contributed by atoms with Crippen molar-refractivity contribution in [1.82, 2.24) is 14.9 Å². The average Bonchev–Trinajstić information content (AvgIpc) is 2.79. The number of benzene rings is 2. The van der Waals surface area contributed by atoms with Crippen molar-refractivity contribution in [1.29, 1.82) is 0 Å². The topological polar surface area (TPSA) is 99.2 Å². The van der Waals surface area contributed by atoms with Crippen LogP contribution in [-0.4, -0.2) is 61.9 Å². The Hall–Kier alpha value is -1.95. The zero-order valence-corrected chi connectivity index (χ0v) is 19.9. The lowest BCUT2D eigenvalue weighted by molar-refractivity contribution is -0.135. The normalized spacial score (nSPS) is 15.1. The zero-order valence-electron chi connectivity index (χ0n) is 18.3. The fourth-order valence-electron chi connectivity index (χ4n) is 3.25. The smallest absolute Gasteiger partial charge is 0.283 e. The third-order valence-electron chi connectivity index (χ3n) is 5.14. The molecule has 1 aliphatic rings. The van der Waals surface area contributed by atoms with Gasteiger partial charge in [-0.25, -0.2) is 8.42 Å². The second-order valence-corrected chi connectivity index (χ2v) is 10.4. The van der Waals surface area contributed by atoms with Crippen molar-refractivity contribution in [2.75, 3.05) is 32.8 Å². The van der Waals surface area contributed by atoms with Crippen LogP contribution in [0.4, 0.5) is 0 Å². The van der Waals surface area contributed by atoms with Crippen LogP contribution in [-0.2, 0) is 26.0 Å². The van der Waals surface area contributed by atoms with Crippen molar-refractivity contribution in [2.24, 2.45) is 0 Å². The van der Waals surface area contributed by atoms with Gasteiger partial charge in [-0.1, -0.05) is 36.4 Å². The maximum absolute atomic E-state index is 13.0. The van der Waals surface area contributed by atoms with E-state index in [0.29, 0.717) is 31.7 Å². The van der Waals surface area contributed by atoms with Crippen LogP contribution in [0.15, 0.2) is 57.2 Å². The Kier molecular flexibility index (Phi) is 8.69. The molecule has 1 saturated heterocycles. The number of hydrogen-bond donors (Lipinski definition) is 2. The Morgan fingerprint density at radius 3 is 2.47 bits per heavy atom. The molecule has 0 aliphatic carbocycles. The molecule has 1 fully saturated rings. The van der Waals surface area contributed by atoms with Crippen molar-refractivity contribution >= 4 is 27.7 Å². The zero-order chi connectivity index (χ0) is 23.1. The first kappa shape index (κ1) is 24.7. The molecule has 0 aromatic heterocycles. The molecule has 0 radical (unpaired) electrons. The van der Waals surface area contributed by atoms with Crippen molar-refractivity contribution in [3.63, 3.8) is 0 Å². The number of rotatable bonds is 9. The number of hydrazine groups is 1. The summed E-state index contributed by atoms with van der Waals surface area (Å²) in [5.74, 6) is -0.600. The van der Waals surface area contributed by atoms with E-state index in [1.165, 1.54) is 23.4 Å². The van der Waals surface area contributed by atoms with Gasteiger partial charge >= 0.3 is 0 Å². The van der Waals surface area contributed by atoms with Gasteiger partial charge in [-0.2, -0.15) is 0 Å². The summed E-state index contributed by atoms with van der Waals surface area (Å²) in [7, 11) is -4.32. The Morgan fingerprint density at radius 2 is 1.81 bits per heavy atom. The number of carbonyl (C=O) groups excluding carboxylic acids is 1. The van der Waals surface area contributed by atoms with Gasteiger partial charge in [0.2, 0.25) is 5.91 Å². The third kappa shape index (κ3) is 6.53. The van der Waals surface area contributed by atoms with E-state index in [1.54, 1.807) is 13.0 Å². The summed E-state index contributed by atoms with van der Waals surface area (Å²) in [6.07, 6.45) is 0.523. The molecular weight excluding hydrogens is 450 g/mol. The number of nitrogens with one attached hydrogen (secondary N) is 1. The summed E-state index contributed by atoms with van der Waals surface area (Å²) in [4.78, 5) is 15.7. The molecule has 0 saturated carbocycles. The van der Waals surface area contributed by atoms with E-state index in [-0.39, 0.29) is 15.9 Å². The number of carbonyl (C=O) groups is 1. The average molecular weight is 480 g/mol. The minimum Gasteiger partial charge on any atom is -0.379 e. The van der Waals surface area contributed by atoms with Gasteiger partial charge in [0.1, 0.15) is 0 Å². The fourth-order valence-corrected chi connectivity index (χ4v) is 5.27. The number of ether oxygens (including phenoxy) is 1. The Bertz CT molecular complexity index is 1020. The highest BCUT2D eigenvalue weighted by Crippen LogP contribution is 2.31. The lowest BCUT2D eigenvalue weighted by atomic mass is 10.1. The van der Waals surface area contributed by atoms with E-state index >= 15 is 0 Å². The molecule has 0 spiro atoms. The van der Waals surface area contributed by atoms with E-state index in [2.05, 4.69) is 4.90 Å². The molecule has 8 nitrogen and oxygen atoms in total. The van der Waals surface area contributed by atoms with Crippen molar-refractivity contribution in [2.45, 2.75) is 41.4 Å². The van der Waals surface area contributed by atoms with E-state index in [0.717, 1.165) is 22.9 Å². The number of aryl methyl sites for hydroxylation is 1. The number of amides is 1. The summed E-state index contributed by atoms with van der Waals surface area (Å²) in [5, 5.41) is 10.1. The summed E-state index contributed by atoms with van der Waals surface area (Å²) in [5.41, 5.74) is 3.74. The Labute approximate surface area is 193 Å². The Morgan fingerprint density at radius 1 is 1.16 bits per heavy atom. The first-order valence-electron chi connectivity index (χ1n) is 10.5. The molecule has 10 heteroatoms. The Balaban J connectivity index is 1.87. The molecule has 0 bridgehead atoms. The van der Waals surface area contributed by atoms with Crippen LogP contribution < -0.4 is 5.43 Å². The highest BCUT2D eigenvalue weighted by molar-refractivity contribution is 7.99. The highest BCUT2D eigenvalue weighted by atomic mass is 32.2. The molecular formula is C22H29N3O5S2. The molecule has 1 heterocycles. The van der Waals surface area contributed by atoms with Gasteiger partial charge < -0.3 is 4.74 Å². The van der Waals surface area contributed by atoms with Gasteiger partial charge in [-0.15, -0.1) is 0 Å². The quantitative estimate of drug-likeness (QED) is 0.534. The predicted molar refractivity (Wildman–Crippen MR) is 122 cm³/mol. The largest absolute Gasteiger partial charge is 0.379 e. The van der Waals surface area contributed by atoms with Crippen LogP contribution in [0.25, 0.3) is 0 Å². The minimum absolute atomic E-state index is 0.0297. The lowest BCUT2D eigenvalue weighted by Crippen LogP contribution is -2.43. The molecule has 0 unspecified atom stereocenters. The van der Waals surface area contributed by atoms with Gasteiger partial charge in [0.05, 0.1) is 18.1 Å². The van der Waals surface area contributed by atoms with Gasteiger partial charge in [0.25, 0.3) is 10.0 Å². The molecule has 2 aromatic rings. The summed E-state index contributed by atoms with van der Waals surface area (Å²) < 4.78 is 31.3. The van der Waals surface area contributed by atoms with Crippen molar-refractivity contribution < 1.29 is 23.2 Å². The lowest BCUT2D eigenvalue weighted by Gasteiger charge is -2.27. The highest BCUT2D eigenvalue weighted by Gasteiger charge is 2.28. The number of nitrogens with zero attached hydrogens (tertiary/aromatic N) is 2. The number of morpholine rings is 1. The maximum atomic E-state index is 13.0. The second-order valence-electron chi connectivity index (χ2n) is 7.53. The first-order valence-corrected chi connectivity index (χ1v) is 12.8. The molecule has 3 rings (SSSR count). The molecule has 2 aromatic carbocycles. The van der Waals surface area contributed by atoms with Gasteiger partial charge in [0.15, 0.2) is 0 Å². The minimum atomic E-state index is -4.32. The second kappa shape index (κ2) is 11.3. The third-order valence-corrected chi connectivity index (χ3v) is 7.63. The molecule has 2 N–H and O–H groups in total. The SMILES string of the molecule is CCC(=O)NN(O)S(=O)(=O)c1ccc(Sc2ccc(C)cc2)cc1CCN1CCOCC1. The van der Waals surface area contributed by atoms with E-state index in [4.69, 9.17) is 4.74 Å². The predicted octanol–water partition coefficient (Wildman–Crippen LogP) is 2.84. The number of hydrogen-bond acceptors (Lipinski definition) is 7. The van der Waals surface area contributed by atoms with Crippen LogP contribution >= 0.6 is 11.8 Å². The molecule has 1 aliphatic heterocycles.